The quantitative estimate of drug-likeness (QED) is 0.210. The Balaban J connectivity index is 1.51. The third-order valence-corrected chi connectivity index (χ3v) is 6.75. The minimum Gasteiger partial charge on any atom is -0.508 e. The maximum atomic E-state index is 10.0. The van der Waals surface area contributed by atoms with Crippen molar-refractivity contribution >= 4 is 11.0 Å². The van der Waals surface area contributed by atoms with Crippen molar-refractivity contribution in [3.8, 4) is 39.9 Å². The summed E-state index contributed by atoms with van der Waals surface area (Å²) < 4.78 is 11.8. The van der Waals surface area contributed by atoms with E-state index in [-0.39, 0.29) is 35.0 Å². The van der Waals surface area contributed by atoms with Crippen molar-refractivity contribution in [2.24, 2.45) is 5.10 Å². The highest BCUT2D eigenvalue weighted by atomic mass is 16.5. The second-order valence-corrected chi connectivity index (χ2v) is 9.18. The van der Waals surface area contributed by atoms with Gasteiger partial charge in [0, 0.05) is 34.6 Å². The van der Waals surface area contributed by atoms with Crippen molar-refractivity contribution in [2.75, 3.05) is 6.61 Å². The number of hydrogen-bond acceptors (Lipinski definition) is 8. The fourth-order valence-electron chi connectivity index (χ4n) is 4.79. The minimum atomic E-state index is -0.333. The number of nitrogens with one attached hydrogen (secondary N) is 1. The first kappa shape index (κ1) is 23.3. The molecule has 0 fully saturated rings. The van der Waals surface area contributed by atoms with Gasteiger partial charge in [0.25, 0.3) is 0 Å². The molecule has 2 heterocycles. The van der Waals surface area contributed by atoms with Gasteiger partial charge in [0.15, 0.2) is 0 Å². The van der Waals surface area contributed by atoms with Gasteiger partial charge in [-0.15, -0.1) is 0 Å². The van der Waals surface area contributed by atoms with Gasteiger partial charge in [-0.25, -0.2) is 0 Å². The zero-order chi connectivity index (χ0) is 26.2. The molecule has 0 amide bonds. The summed E-state index contributed by atoms with van der Waals surface area (Å²) in [6.45, 7) is 0.331. The Hall–Kier alpha value is -5.11. The van der Waals surface area contributed by atoms with Gasteiger partial charge in [-0.2, -0.15) is 5.10 Å². The summed E-state index contributed by atoms with van der Waals surface area (Å²) in [5.74, 6) is 0.898. The fraction of sp³-hybridized carbons (Fsp3) is 0.100. The molecular formula is C30H24N2O6. The van der Waals surface area contributed by atoms with E-state index in [1.807, 2.05) is 18.2 Å². The van der Waals surface area contributed by atoms with Crippen molar-refractivity contribution in [2.45, 2.75) is 12.0 Å². The molecule has 2 atom stereocenters. The second kappa shape index (κ2) is 9.40. The molecule has 0 saturated carbocycles. The molecule has 6 rings (SSSR count). The van der Waals surface area contributed by atoms with Crippen LogP contribution in [0.25, 0.3) is 22.1 Å². The highest BCUT2D eigenvalue weighted by Gasteiger charge is 2.32. The average molecular weight is 509 g/mol. The van der Waals surface area contributed by atoms with Crippen LogP contribution in [-0.4, -0.2) is 27.0 Å². The number of fused-ring (bicyclic) bond motifs is 2. The van der Waals surface area contributed by atoms with Gasteiger partial charge < -0.3 is 35.0 Å². The SMILES string of the molecule is Oc1ccc(-c2coc3cc(O)ccc3c2=NNC2c3ccc(O)cc3OCC2c2ccc(O)cc2)cc1. The zero-order valence-corrected chi connectivity index (χ0v) is 20.1. The van der Waals surface area contributed by atoms with Gasteiger partial charge in [-0.1, -0.05) is 24.3 Å². The van der Waals surface area contributed by atoms with Crippen LogP contribution in [0.5, 0.6) is 28.7 Å². The molecule has 0 radical (unpaired) electrons. The van der Waals surface area contributed by atoms with E-state index in [0.29, 0.717) is 34.2 Å². The number of phenols is 4. The molecule has 2 unspecified atom stereocenters. The summed E-state index contributed by atoms with van der Waals surface area (Å²) in [5, 5.41) is 45.8. The summed E-state index contributed by atoms with van der Waals surface area (Å²) in [6.07, 6.45) is 1.57. The lowest BCUT2D eigenvalue weighted by molar-refractivity contribution is 0.221. The first-order chi connectivity index (χ1) is 18.5. The number of nitrogens with zero attached hydrogens (tertiary/aromatic N) is 1. The van der Waals surface area contributed by atoms with Crippen LogP contribution >= 0.6 is 0 Å². The van der Waals surface area contributed by atoms with Crippen LogP contribution in [0, 0.1) is 0 Å². The lowest BCUT2D eigenvalue weighted by Gasteiger charge is -2.33. The summed E-state index contributed by atoms with van der Waals surface area (Å²) >= 11 is 0. The smallest absolute Gasteiger partial charge is 0.139 e. The van der Waals surface area contributed by atoms with Crippen molar-refractivity contribution in [3.05, 3.63) is 108 Å². The Morgan fingerprint density at radius 1 is 0.737 bits per heavy atom. The van der Waals surface area contributed by atoms with Crippen LogP contribution in [0.3, 0.4) is 0 Å². The second-order valence-electron chi connectivity index (χ2n) is 9.18. The highest BCUT2D eigenvalue weighted by molar-refractivity contribution is 5.82. The number of rotatable bonds is 4. The Morgan fingerprint density at radius 3 is 2.16 bits per heavy atom. The molecule has 5 aromatic rings. The van der Waals surface area contributed by atoms with Gasteiger partial charge in [-0.3, -0.25) is 0 Å². The van der Waals surface area contributed by atoms with E-state index >= 15 is 0 Å². The van der Waals surface area contributed by atoms with Gasteiger partial charge in [0.05, 0.1) is 12.6 Å². The molecule has 0 bridgehead atoms. The van der Waals surface area contributed by atoms with E-state index in [1.54, 1.807) is 66.9 Å². The zero-order valence-electron chi connectivity index (χ0n) is 20.1. The largest absolute Gasteiger partial charge is 0.508 e. The fourth-order valence-corrected chi connectivity index (χ4v) is 4.79. The molecule has 0 aliphatic carbocycles. The number of ether oxygens (including phenoxy) is 1. The van der Waals surface area contributed by atoms with Crippen LogP contribution < -0.4 is 15.5 Å². The van der Waals surface area contributed by atoms with E-state index < -0.39 is 0 Å². The predicted octanol–water partition coefficient (Wildman–Crippen LogP) is 5.25. The van der Waals surface area contributed by atoms with Crippen LogP contribution in [0.4, 0.5) is 0 Å². The van der Waals surface area contributed by atoms with Crippen LogP contribution in [0.2, 0.25) is 0 Å². The summed E-state index contributed by atoms with van der Waals surface area (Å²) in [7, 11) is 0. The molecule has 1 aliphatic heterocycles. The maximum Gasteiger partial charge on any atom is 0.139 e. The molecule has 0 saturated heterocycles. The van der Waals surface area contributed by atoms with E-state index in [4.69, 9.17) is 14.3 Å². The predicted molar refractivity (Wildman–Crippen MR) is 141 cm³/mol. The molecule has 0 spiro atoms. The Kier molecular flexibility index (Phi) is 5.76. The van der Waals surface area contributed by atoms with E-state index in [0.717, 1.165) is 16.7 Å². The van der Waals surface area contributed by atoms with Gasteiger partial charge in [0.1, 0.15) is 46.0 Å². The normalized spacial score (nSPS) is 17.1. The highest BCUT2D eigenvalue weighted by Crippen LogP contribution is 2.42. The third-order valence-electron chi connectivity index (χ3n) is 6.75. The maximum absolute atomic E-state index is 10.0. The van der Waals surface area contributed by atoms with Gasteiger partial charge in [-0.05, 0) is 59.7 Å². The van der Waals surface area contributed by atoms with E-state index in [1.165, 1.54) is 6.07 Å². The third kappa shape index (κ3) is 4.32. The average Bonchev–Trinajstić information content (AvgIpc) is 2.92. The summed E-state index contributed by atoms with van der Waals surface area (Å²) in [5.41, 5.74) is 7.06. The Morgan fingerprint density at radius 2 is 1.39 bits per heavy atom. The topological polar surface area (TPSA) is 128 Å². The monoisotopic (exact) mass is 508 g/mol. The van der Waals surface area contributed by atoms with Crippen molar-refractivity contribution in [1.82, 2.24) is 5.43 Å². The number of aromatic hydroxyl groups is 4. The molecule has 1 aromatic heterocycles. The minimum absolute atomic E-state index is 0.0723. The molecule has 8 nitrogen and oxygen atoms in total. The molecule has 4 aromatic carbocycles. The first-order valence-corrected chi connectivity index (χ1v) is 12.0. The van der Waals surface area contributed by atoms with Gasteiger partial charge >= 0.3 is 0 Å². The first-order valence-electron chi connectivity index (χ1n) is 12.0. The Bertz CT molecular complexity index is 1690. The van der Waals surface area contributed by atoms with Crippen LogP contribution in [0.15, 0.2) is 101 Å². The molecule has 190 valence electrons. The molecule has 1 aliphatic rings. The lowest BCUT2D eigenvalue weighted by atomic mass is 9.85. The molecule has 5 N–H and O–H groups in total. The van der Waals surface area contributed by atoms with Crippen LogP contribution in [-0.2, 0) is 0 Å². The molecular weight excluding hydrogens is 484 g/mol. The van der Waals surface area contributed by atoms with Crippen molar-refractivity contribution in [3.63, 3.8) is 0 Å². The number of benzene rings is 4. The molecule has 38 heavy (non-hydrogen) atoms. The van der Waals surface area contributed by atoms with Gasteiger partial charge in [0.2, 0.25) is 0 Å². The number of phenolic OH excluding ortho intramolecular Hbond substituents is 4. The summed E-state index contributed by atoms with van der Waals surface area (Å²) in [6, 6.07) is 23.2. The molecule has 8 heteroatoms. The Labute approximate surface area is 217 Å². The summed E-state index contributed by atoms with van der Waals surface area (Å²) in [4.78, 5) is 0. The van der Waals surface area contributed by atoms with Crippen molar-refractivity contribution in [1.29, 1.82) is 0 Å². The van der Waals surface area contributed by atoms with E-state index in [2.05, 4.69) is 5.43 Å². The number of hydrogen-bond donors (Lipinski definition) is 5. The lowest BCUT2D eigenvalue weighted by Crippen LogP contribution is -2.33. The van der Waals surface area contributed by atoms with Crippen LogP contribution in [0.1, 0.15) is 23.1 Å². The standard InChI is InChI=1S/C30H24N2O6/c33-19-5-1-17(2-6-19)25-15-37-27-13-21(35)9-11-23(27)29(25)31-32-30-24-12-10-22(36)14-28(24)38-16-26(30)18-3-7-20(34)8-4-18/h1-15,26,30,32-36H,16H2. The van der Waals surface area contributed by atoms with E-state index in [9.17, 15) is 20.4 Å². The van der Waals surface area contributed by atoms with Crippen molar-refractivity contribution < 1.29 is 29.6 Å².